The van der Waals surface area contributed by atoms with Gasteiger partial charge in [0.25, 0.3) is 0 Å². The molecular formula is C17H16FNO. The zero-order valence-corrected chi connectivity index (χ0v) is 11.8. The van der Waals surface area contributed by atoms with Crippen molar-refractivity contribution < 1.29 is 9.13 Å². The standard InChI is InChI=1S/C17H16FNO/c1-11(2)20-17-7-5-13(9-14(17)10-19)15-6-4-12(3)8-16(15)18/h4-9,11H,1-3H3. The minimum Gasteiger partial charge on any atom is -0.490 e. The maximum atomic E-state index is 14.0. The Kier molecular flexibility index (Phi) is 4.05. The number of aryl methyl sites for hydroxylation is 1. The Hall–Kier alpha value is -2.34. The maximum Gasteiger partial charge on any atom is 0.137 e. The van der Waals surface area contributed by atoms with Crippen LogP contribution in [-0.4, -0.2) is 6.10 Å². The Morgan fingerprint density at radius 1 is 1.15 bits per heavy atom. The summed E-state index contributed by atoms with van der Waals surface area (Å²) in [5.74, 6) is 0.241. The van der Waals surface area contributed by atoms with E-state index in [9.17, 15) is 9.65 Å². The Morgan fingerprint density at radius 3 is 2.50 bits per heavy atom. The average molecular weight is 269 g/mol. The van der Waals surface area contributed by atoms with Crippen LogP contribution < -0.4 is 4.74 Å². The van der Waals surface area contributed by atoms with Gasteiger partial charge in [-0.3, -0.25) is 0 Å². The SMILES string of the molecule is Cc1ccc(-c2ccc(OC(C)C)c(C#N)c2)c(F)c1. The van der Waals surface area contributed by atoms with Crippen molar-refractivity contribution in [3.05, 3.63) is 53.3 Å². The third kappa shape index (κ3) is 2.97. The fourth-order valence-electron chi connectivity index (χ4n) is 2.00. The molecule has 0 saturated heterocycles. The summed E-state index contributed by atoms with van der Waals surface area (Å²) in [5, 5.41) is 9.19. The molecule has 0 atom stereocenters. The molecule has 20 heavy (non-hydrogen) atoms. The number of nitriles is 1. The van der Waals surface area contributed by atoms with Crippen LogP contribution in [0.4, 0.5) is 4.39 Å². The normalized spacial score (nSPS) is 10.4. The van der Waals surface area contributed by atoms with E-state index in [-0.39, 0.29) is 11.9 Å². The molecule has 0 N–H and O–H groups in total. The second-order valence-electron chi connectivity index (χ2n) is 4.97. The first-order chi connectivity index (χ1) is 9.51. The minimum atomic E-state index is -0.286. The van der Waals surface area contributed by atoms with Gasteiger partial charge in [0, 0.05) is 5.56 Å². The summed E-state index contributed by atoms with van der Waals surface area (Å²) in [6.07, 6.45) is -0.0101. The summed E-state index contributed by atoms with van der Waals surface area (Å²) >= 11 is 0. The van der Waals surface area contributed by atoms with Gasteiger partial charge in [-0.15, -0.1) is 0 Å². The van der Waals surface area contributed by atoms with Crippen LogP contribution in [0.5, 0.6) is 5.75 Å². The highest BCUT2D eigenvalue weighted by Gasteiger charge is 2.10. The zero-order valence-electron chi connectivity index (χ0n) is 11.8. The van der Waals surface area contributed by atoms with Crippen LogP contribution in [0.3, 0.4) is 0 Å². The minimum absolute atomic E-state index is 0.0101. The van der Waals surface area contributed by atoms with Crippen LogP contribution >= 0.6 is 0 Å². The van der Waals surface area contributed by atoms with Crippen LogP contribution in [0.15, 0.2) is 36.4 Å². The van der Waals surface area contributed by atoms with Crippen molar-refractivity contribution in [3.63, 3.8) is 0 Å². The molecule has 2 nitrogen and oxygen atoms in total. The van der Waals surface area contributed by atoms with Gasteiger partial charge in [0.2, 0.25) is 0 Å². The summed E-state index contributed by atoms with van der Waals surface area (Å²) in [4.78, 5) is 0. The van der Waals surface area contributed by atoms with Gasteiger partial charge < -0.3 is 4.74 Å². The van der Waals surface area contributed by atoms with Crippen LogP contribution in [0.1, 0.15) is 25.0 Å². The molecule has 0 amide bonds. The van der Waals surface area contributed by atoms with Gasteiger partial charge in [-0.25, -0.2) is 4.39 Å². The molecule has 2 aromatic rings. The average Bonchev–Trinajstić information content (AvgIpc) is 2.39. The Bertz CT molecular complexity index is 671. The van der Waals surface area contributed by atoms with E-state index in [4.69, 9.17) is 4.74 Å². The Labute approximate surface area is 118 Å². The van der Waals surface area contributed by atoms with Crippen LogP contribution in [0.2, 0.25) is 0 Å². The second kappa shape index (κ2) is 5.75. The Morgan fingerprint density at radius 2 is 1.90 bits per heavy atom. The van der Waals surface area contributed by atoms with Gasteiger partial charge in [0.1, 0.15) is 17.6 Å². The van der Waals surface area contributed by atoms with E-state index in [0.29, 0.717) is 22.4 Å². The summed E-state index contributed by atoms with van der Waals surface area (Å²) in [7, 11) is 0. The molecular weight excluding hydrogens is 253 g/mol. The lowest BCUT2D eigenvalue weighted by Gasteiger charge is -2.12. The van der Waals surface area contributed by atoms with E-state index in [1.165, 1.54) is 6.07 Å². The van der Waals surface area contributed by atoms with Gasteiger partial charge in [0.05, 0.1) is 11.7 Å². The Balaban J connectivity index is 2.46. The number of halogens is 1. The van der Waals surface area contributed by atoms with E-state index in [1.807, 2.05) is 26.8 Å². The van der Waals surface area contributed by atoms with Gasteiger partial charge >= 0.3 is 0 Å². The van der Waals surface area contributed by atoms with Crippen molar-refractivity contribution in [1.82, 2.24) is 0 Å². The summed E-state index contributed by atoms with van der Waals surface area (Å²) < 4.78 is 19.5. The van der Waals surface area contributed by atoms with Crippen LogP contribution in [0, 0.1) is 24.1 Å². The molecule has 2 rings (SSSR count). The molecule has 0 bridgehead atoms. The molecule has 0 aliphatic carbocycles. The first-order valence-electron chi connectivity index (χ1n) is 6.48. The molecule has 0 saturated carbocycles. The van der Waals surface area contributed by atoms with Crippen molar-refractivity contribution in [2.24, 2.45) is 0 Å². The third-order valence-electron chi connectivity index (χ3n) is 2.90. The smallest absolute Gasteiger partial charge is 0.137 e. The highest BCUT2D eigenvalue weighted by atomic mass is 19.1. The van der Waals surface area contributed by atoms with E-state index in [2.05, 4.69) is 6.07 Å². The first-order valence-corrected chi connectivity index (χ1v) is 6.48. The van der Waals surface area contributed by atoms with Crippen molar-refractivity contribution in [1.29, 1.82) is 5.26 Å². The third-order valence-corrected chi connectivity index (χ3v) is 2.90. The highest BCUT2D eigenvalue weighted by molar-refractivity contribution is 5.68. The lowest BCUT2D eigenvalue weighted by Crippen LogP contribution is -2.06. The quantitative estimate of drug-likeness (QED) is 0.824. The molecule has 0 radical (unpaired) electrons. The molecule has 0 fully saturated rings. The van der Waals surface area contributed by atoms with Crippen molar-refractivity contribution in [3.8, 4) is 22.9 Å². The zero-order chi connectivity index (χ0) is 14.7. The van der Waals surface area contributed by atoms with Gasteiger partial charge in [-0.05, 0) is 50.1 Å². The molecule has 0 aromatic heterocycles. The van der Waals surface area contributed by atoms with Crippen LogP contribution in [0.25, 0.3) is 11.1 Å². The van der Waals surface area contributed by atoms with E-state index < -0.39 is 0 Å². The van der Waals surface area contributed by atoms with Crippen molar-refractivity contribution in [2.45, 2.75) is 26.9 Å². The topological polar surface area (TPSA) is 33.0 Å². The largest absolute Gasteiger partial charge is 0.490 e. The van der Waals surface area contributed by atoms with Crippen molar-refractivity contribution in [2.75, 3.05) is 0 Å². The van der Waals surface area contributed by atoms with Gasteiger partial charge in [0.15, 0.2) is 0 Å². The number of benzene rings is 2. The molecule has 0 unspecified atom stereocenters. The number of hydrogen-bond acceptors (Lipinski definition) is 2. The number of nitrogens with zero attached hydrogens (tertiary/aromatic N) is 1. The van der Waals surface area contributed by atoms with E-state index in [0.717, 1.165) is 5.56 Å². The summed E-state index contributed by atoms with van der Waals surface area (Å²) in [6, 6.07) is 12.3. The highest BCUT2D eigenvalue weighted by Crippen LogP contribution is 2.29. The number of ether oxygens (including phenoxy) is 1. The monoisotopic (exact) mass is 269 g/mol. The molecule has 0 heterocycles. The van der Waals surface area contributed by atoms with E-state index in [1.54, 1.807) is 24.3 Å². The predicted octanol–water partition coefficient (Wildman–Crippen LogP) is 4.46. The van der Waals surface area contributed by atoms with Gasteiger partial charge in [-0.2, -0.15) is 5.26 Å². The second-order valence-corrected chi connectivity index (χ2v) is 4.97. The predicted molar refractivity (Wildman–Crippen MR) is 77.1 cm³/mol. The van der Waals surface area contributed by atoms with Crippen molar-refractivity contribution >= 4 is 0 Å². The molecule has 102 valence electrons. The number of hydrogen-bond donors (Lipinski definition) is 0. The fraction of sp³-hybridized carbons (Fsp3) is 0.235. The first kappa shape index (κ1) is 14.1. The van der Waals surface area contributed by atoms with E-state index >= 15 is 0 Å². The molecule has 0 aliphatic heterocycles. The fourth-order valence-corrected chi connectivity index (χ4v) is 2.00. The lowest BCUT2D eigenvalue weighted by molar-refractivity contribution is 0.242. The molecule has 0 spiro atoms. The summed E-state index contributed by atoms with van der Waals surface area (Å²) in [5.41, 5.74) is 2.45. The molecule has 0 aliphatic rings. The van der Waals surface area contributed by atoms with Gasteiger partial charge in [-0.1, -0.05) is 18.2 Å². The lowest BCUT2D eigenvalue weighted by atomic mass is 10.0. The molecule has 2 aromatic carbocycles. The number of rotatable bonds is 3. The molecule has 3 heteroatoms. The van der Waals surface area contributed by atoms with Crippen LogP contribution in [-0.2, 0) is 0 Å². The maximum absolute atomic E-state index is 14.0. The summed E-state index contributed by atoms with van der Waals surface area (Å²) in [6.45, 7) is 5.64.